The van der Waals surface area contributed by atoms with E-state index in [4.69, 9.17) is 4.74 Å². The van der Waals surface area contributed by atoms with E-state index in [2.05, 4.69) is 59.8 Å². The van der Waals surface area contributed by atoms with E-state index in [1.807, 2.05) is 0 Å². The first-order chi connectivity index (χ1) is 10.5. The van der Waals surface area contributed by atoms with Gasteiger partial charge in [0.05, 0.1) is 0 Å². The lowest BCUT2D eigenvalue weighted by Crippen LogP contribution is -2.10. The molecular formula is C17H25N3OS. The Hall–Kier alpha value is -1.33. The van der Waals surface area contributed by atoms with Gasteiger partial charge in [0.2, 0.25) is 0 Å². The van der Waals surface area contributed by atoms with Crippen molar-refractivity contribution in [1.29, 1.82) is 0 Å². The first-order valence-electron chi connectivity index (χ1n) is 7.59. The third kappa shape index (κ3) is 4.85. The molecule has 0 N–H and O–H groups in total. The molecule has 0 fully saturated rings. The minimum atomic E-state index is 0.202. The number of rotatable bonds is 7. The molecule has 0 saturated carbocycles. The van der Waals surface area contributed by atoms with Gasteiger partial charge in [-0.15, -0.1) is 10.2 Å². The largest absolute Gasteiger partial charge is 0.385 e. The van der Waals surface area contributed by atoms with Gasteiger partial charge in [-0.05, 0) is 23.0 Å². The van der Waals surface area contributed by atoms with E-state index >= 15 is 0 Å². The van der Waals surface area contributed by atoms with Crippen LogP contribution in [0.1, 0.15) is 38.3 Å². The minimum absolute atomic E-state index is 0.202. The summed E-state index contributed by atoms with van der Waals surface area (Å²) >= 11 is 1.73. The quantitative estimate of drug-likeness (QED) is 0.573. The van der Waals surface area contributed by atoms with Crippen LogP contribution in [0.15, 0.2) is 35.7 Å². The molecule has 5 heteroatoms. The van der Waals surface area contributed by atoms with Crippen LogP contribution < -0.4 is 0 Å². The highest BCUT2D eigenvalue weighted by Crippen LogP contribution is 2.25. The Morgan fingerprint density at radius 2 is 1.91 bits per heavy atom. The molecule has 22 heavy (non-hydrogen) atoms. The van der Waals surface area contributed by atoms with Crippen molar-refractivity contribution in [2.45, 2.75) is 50.1 Å². The topological polar surface area (TPSA) is 39.9 Å². The molecular weight excluding hydrogens is 294 g/mol. The summed E-state index contributed by atoms with van der Waals surface area (Å²) in [6.45, 7) is 8.36. The Kier molecular flexibility index (Phi) is 6.03. The molecule has 0 spiro atoms. The Bertz CT molecular complexity index is 572. The molecule has 2 rings (SSSR count). The second kappa shape index (κ2) is 7.79. The van der Waals surface area contributed by atoms with E-state index < -0.39 is 0 Å². The summed E-state index contributed by atoms with van der Waals surface area (Å²) in [5.41, 5.74) is 2.88. The molecule has 120 valence electrons. The summed E-state index contributed by atoms with van der Waals surface area (Å²) < 4.78 is 7.18. The van der Waals surface area contributed by atoms with Crippen molar-refractivity contribution in [2.24, 2.45) is 0 Å². The predicted octanol–water partition coefficient (Wildman–Crippen LogP) is 3.90. The molecule has 1 heterocycles. The van der Waals surface area contributed by atoms with Crippen LogP contribution in [0.2, 0.25) is 0 Å². The van der Waals surface area contributed by atoms with Crippen LogP contribution in [0.5, 0.6) is 0 Å². The lowest BCUT2D eigenvalue weighted by Gasteiger charge is -2.19. The first-order valence-corrected chi connectivity index (χ1v) is 8.58. The van der Waals surface area contributed by atoms with Gasteiger partial charge in [0, 0.05) is 26.0 Å². The highest BCUT2D eigenvalue weighted by molar-refractivity contribution is 7.98. The maximum atomic E-state index is 5.09. The molecule has 1 aromatic carbocycles. The maximum Gasteiger partial charge on any atom is 0.191 e. The fourth-order valence-electron chi connectivity index (χ4n) is 2.14. The third-order valence-corrected chi connectivity index (χ3v) is 4.57. The number of benzene rings is 1. The highest BCUT2D eigenvalue weighted by atomic mass is 32.2. The summed E-state index contributed by atoms with van der Waals surface area (Å²) in [4.78, 5) is 0. The lowest BCUT2D eigenvalue weighted by atomic mass is 9.87. The van der Waals surface area contributed by atoms with Crippen molar-refractivity contribution < 1.29 is 4.74 Å². The molecule has 0 saturated heterocycles. The van der Waals surface area contributed by atoms with Crippen LogP contribution in [-0.2, 0) is 22.4 Å². The van der Waals surface area contributed by atoms with Gasteiger partial charge < -0.3 is 9.30 Å². The zero-order chi connectivity index (χ0) is 16.0. The standard InChI is InChI=1S/C17H25N3OS/c1-17(2,3)15-8-6-14(7-9-15)12-22-16-19-18-13-20(16)10-5-11-21-4/h6-9,13H,5,10-12H2,1-4H3. The van der Waals surface area contributed by atoms with Crippen molar-refractivity contribution in [3.8, 4) is 0 Å². The van der Waals surface area contributed by atoms with Gasteiger partial charge in [-0.3, -0.25) is 0 Å². The summed E-state index contributed by atoms with van der Waals surface area (Å²) in [6.07, 6.45) is 2.77. The van der Waals surface area contributed by atoms with E-state index in [0.717, 1.165) is 30.5 Å². The zero-order valence-electron chi connectivity index (χ0n) is 13.9. The molecule has 0 radical (unpaired) electrons. The Balaban J connectivity index is 1.92. The van der Waals surface area contributed by atoms with Gasteiger partial charge in [0.25, 0.3) is 0 Å². The second-order valence-electron chi connectivity index (χ2n) is 6.39. The Morgan fingerprint density at radius 1 is 1.18 bits per heavy atom. The van der Waals surface area contributed by atoms with Crippen molar-refractivity contribution in [3.05, 3.63) is 41.7 Å². The second-order valence-corrected chi connectivity index (χ2v) is 7.33. The van der Waals surface area contributed by atoms with Gasteiger partial charge in [0.1, 0.15) is 6.33 Å². The minimum Gasteiger partial charge on any atom is -0.385 e. The number of thioether (sulfide) groups is 1. The number of aromatic nitrogens is 3. The molecule has 0 unspecified atom stereocenters. The fourth-order valence-corrected chi connectivity index (χ4v) is 3.03. The van der Waals surface area contributed by atoms with Crippen molar-refractivity contribution >= 4 is 11.8 Å². The van der Waals surface area contributed by atoms with Crippen LogP contribution in [0.25, 0.3) is 0 Å². The maximum absolute atomic E-state index is 5.09. The zero-order valence-corrected chi connectivity index (χ0v) is 14.7. The van der Waals surface area contributed by atoms with Crippen molar-refractivity contribution in [2.75, 3.05) is 13.7 Å². The van der Waals surface area contributed by atoms with E-state index in [1.165, 1.54) is 11.1 Å². The SMILES string of the molecule is COCCCn1cnnc1SCc1ccc(C(C)(C)C)cc1. The Morgan fingerprint density at radius 3 is 2.55 bits per heavy atom. The number of hydrogen-bond acceptors (Lipinski definition) is 4. The average Bonchev–Trinajstić information content (AvgIpc) is 2.92. The van der Waals surface area contributed by atoms with Crippen LogP contribution in [0, 0.1) is 0 Å². The van der Waals surface area contributed by atoms with E-state index in [-0.39, 0.29) is 5.41 Å². The molecule has 4 nitrogen and oxygen atoms in total. The van der Waals surface area contributed by atoms with Crippen molar-refractivity contribution in [3.63, 3.8) is 0 Å². The molecule has 0 aliphatic rings. The number of nitrogens with zero attached hydrogens (tertiary/aromatic N) is 3. The average molecular weight is 319 g/mol. The third-order valence-electron chi connectivity index (χ3n) is 3.52. The van der Waals surface area contributed by atoms with Gasteiger partial charge in [-0.1, -0.05) is 56.8 Å². The number of methoxy groups -OCH3 is 1. The first kappa shape index (κ1) is 17.0. The number of aryl methyl sites for hydroxylation is 1. The van der Waals surface area contributed by atoms with Gasteiger partial charge in [-0.2, -0.15) is 0 Å². The fraction of sp³-hybridized carbons (Fsp3) is 0.529. The smallest absolute Gasteiger partial charge is 0.191 e. The lowest BCUT2D eigenvalue weighted by molar-refractivity contribution is 0.189. The van der Waals surface area contributed by atoms with Crippen LogP contribution in [-0.4, -0.2) is 28.5 Å². The molecule has 0 atom stereocenters. The highest BCUT2D eigenvalue weighted by Gasteiger charge is 2.13. The van der Waals surface area contributed by atoms with Crippen LogP contribution >= 0.6 is 11.8 Å². The van der Waals surface area contributed by atoms with Crippen LogP contribution in [0.4, 0.5) is 0 Å². The molecule has 0 bridgehead atoms. The van der Waals surface area contributed by atoms with E-state index in [9.17, 15) is 0 Å². The van der Waals surface area contributed by atoms with Gasteiger partial charge in [0.15, 0.2) is 5.16 Å². The monoisotopic (exact) mass is 319 g/mol. The van der Waals surface area contributed by atoms with E-state index in [1.54, 1.807) is 25.2 Å². The summed E-state index contributed by atoms with van der Waals surface area (Å²) in [7, 11) is 1.73. The predicted molar refractivity (Wildman–Crippen MR) is 91.2 cm³/mol. The summed E-state index contributed by atoms with van der Waals surface area (Å²) in [6, 6.07) is 8.86. The molecule has 0 amide bonds. The Labute approximate surface area is 137 Å². The number of hydrogen-bond donors (Lipinski definition) is 0. The van der Waals surface area contributed by atoms with Crippen LogP contribution in [0.3, 0.4) is 0 Å². The molecule has 2 aromatic rings. The summed E-state index contributed by atoms with van der Waals surface area (Å²) in [5.74, 6) is 0.910. The van der Waals surface area contributed by atoms with E-state index in [0.29, 0.717) is 0 Å². The van der Waals surface area contributed by atoms with Gasteiger partial charge >= 0.3 is 0 Å². The molecule has 0 aliphatic carbocycles. The van der Waals surface area contributed by atoms with Gasteiger partial charge in [-0.25, -0.2) is 0 Å². The normalized spacial score (nSPS) is 11.8. The van der Waals surface area contributed by atoms with Crippen molar-refractivity contribution in [1.82, 2.24) is 14.8 Å². The molecule has 1 aromatic heterocycles. The molecule has 0 aliphatic heterocycles. The summed E-state index contributed by atoms with van der Waals surface area (Å²) in [5, 5.41) is 9.18. The number of ether oxygens (including phenoxy) is 1.